The number of para-hydroxylation sites is 1. The predicted octanol–water partition coefficient (Wildman–Crippen LogP) is 1.15. The zero-order chi connectivity index (χ0) is 25.3. The molecule has 1 spiro atoms. The number of likely N-dealkylation sites (tertiary alicyclic amines) is 1. The highest BCUT2D eigenvalue weighted by molar-refractivity contribution is 5.96. The van der Waals surface area contributed by atoms with E-state index >= 15 is 0 Å². The fourth-order valence-electron chi connectivity index (χ4n) is 4.72. The van der Waals surface area contributed by atoms with Crippen molar-refractivity contribution >= 4 is 29.4 Å². The van der Waals surface area contributed by atoms with Crippen LogP contribution < -0.4 is 10.2 Å². The van der Waals surface area contributed by atoms with Crippen LogP contribution in [0.2, 0.25) is 0 Å². The summed E-state index contributed by atoms with van der Waals surface area (Å²) in [6.45, 7) is 4.19. The summed E-state index contributed by atoms with van der Waals surface area (Å²) in [6.07, 6.45) is 1.76. The number of hydrogen-bond acceptors (Lipinski definition) is 7. The number of carbonyl (C=O) groups is 4. The molecule has 0 unspecified atom stereocenters. The maximum absolute atomic E-state index is 13.7. The molecule has 10 nitrogen and oxygen atoms in total. The van der Waals surface area contributed by atoms with E-state index in [2.05, 4.69) is 10.2 Å². The first-order chi connectivity index (χ1) is 16.9. The molecule has 3 rings (SSSR count). The molecule has 2 heterocycles. The molecule has 0 saturated carbocycles. The van der Waals surface area contributed by atoms with Gasteiger partial charge < -0.3 is 29.5 Å². The number of ether oxygens (including phenoxy) is 2. The van der Waals surface area contributed by atoms with Crippen LogP contribution in [0.25, 0.3) is 0 Å². The van der Waals surface area contributed by atoms with E-state index in [1.807, 2.05) is 30.3 Å². The minimum atomic E-state index is -0.810. The number of rotatable bonds is 11. The highest BCUT2D eigenvalue weighted by Crippen LogP contribution is 2.39. The highest BCUT2D eigenvalue weighted by atomic mass is 16.5. The average Bonchev–Trinajstić information content (AvgIpc) is 3.12. The molecule has 2 fully saturated rings. The summed E-state index contributed by atoms with van der Waals surface area (Å²) in [5, 5.41) is 2.84. The van der Waals surface area contributed by atoms with Crippen molar-refractivity contribution in [3.8, 4) is 0 Å². The number of benzene rings is 1. The van der Waals surface area contributed by atoms with Crippen molar-refractivity contribution in [2.45, 2.75) is 44.6 Å². The second-order valence-electron chi connectivity index (χ2n) is 8.82. The number of hydrogen-bond donors (Lipinski definition) is 1. The topological polar surface area (TPSA) is 108 Å². The molecule has 0 aliphatic carbocycles. The number of esters is 1. The van der Waals surface area contributed by atoms with Gasteiger partial charge in [-0.3, -0.25) is 19.2 Å². The fraction of sp³-hybridized carbons (Fsp3) is 0.600. The summed E-state index contributed by atoms with van der Waals surface area (Å²) >= 11 is 0. The van der Waals surface area contributed by atoms with Crippen molar-refractivity contribution < 1.29 is 28.7 Å². The summed E-state index contributed by atoms with van der Waals surface area (Å²) in [7, 11) is 1.61. The molecular formula is C25H36N4O6. The lowest BCUT2D eigenvalue weighted by Crippen LogP contribution is -2.57. The molecule has 10 heteroatoms. The molecule has 1 aromatic carbocycles. The molecule has 2 aliphatic rings. The minimum Gasteiger partial charge on any atom is -0.466 e. The standard InChI is InChI=1S/C25H36N4O6/c1-3-35-23(32)11-10-22(31)27-15-12-25(13-16-27)24(33)28(18-21(30)26-14-7-17-34-2)19-29(25)20-8-5-4-6-9-20/h4-6,8-9H,3,7,10-19H2,1-2H3,(H,26,30). The molecule has 1 aromatic rings. The molecule has 192 valence electrons. The Bertz CT molecular complexity index is 885. The van der Waals surface area contributed by atoms with E-state index in [1.54, 1.807) is 23.8 Å². The summed E-state index contributed by atoms with van der Waals surface area (Å²) in [6, 6.07) is 9.68. The van der Waals surface area contributed by atoms with Crippen LogP contribution in [-0.4, -0.2) is 92.2 Å². The summed E-state index contributed by atoms with van der Waals surface area (Å²) < 4.78 is 9.91. The van der Waals surface area contributed by atoms with Gasteiger partial charge in [0.2, 0.25) is 11.8 Å². The van der Waals surface area contributed by atoms with Crippen molar-refractivity contribution in [3.05, 3.63) is 30.3 Å². The van der Waals surface area contributed by atoms with E-state index in [0.717, 1.165) is 5.69 Å². The lowest BCUT2D eigenvalue weighted by atomic mass is 9.85. The quantitative estimate of drug-likeness (QED) is 0.368. The Morgan fingerprint density at radius 3 is 2.46 bits per heavy atom. The maximum atomic E-state index is 13.7. The predicted molar refractivity (Wildman–Crippen MR) is 129 cm³/mol. The number of methoxy groups -OCH3 is 1. The van der Waals surface area contributed by atoms with Gasteiger partial charge in [0.05, 0.1) is 19.7 Å². The zero-order valence-electron chi connectivity index (χ0n) is 20.7. The second kappa shape index (κ2) is 12.5. The van der Waals surface area contributed by atoms with Crippen molar-refractivity contribution in [2.75, 3.05) is 58.1 Å². The second-order valence-corrected chi connectivity index (χ2v) is 8.82. The Hall–Kier alpha value is -3.14. The molecule has 3 amide bonds. The average molecular weight is 489 g/mol. The summed E-state index contributed by atoms with van der Waals surface area (Å²) in [5.41, 5.74) is 0.0984. The molecule has 1 N–H and O–H groups in total. The first kappa shape index (κ1) is 26.5. The first-order valence-corrected chi connectivity index (χ1v) is 12.2. The van der Waals surface area contributed by atoms with Crippen LogP contribution in [0, 0.1) is 0 Å². The lowest BCUT2D eigenvalue weighted by Gasteiger charge is -2.43. The van der Waals surface area contributed by atoms with Gasteiger partial charge in [-0.15, -0.1) is 0 Å². The van der Waals surface area contributed by atoms with Gasteiger partial charge >= 0.3 is 5.97 Å². The Morgan fingerprint density at radius 2 is 1.80 bits per heavy atom. The van der Waals surface area contributed by atoms with Crippen LogP contribution >= 0.6 is 0 Å². The van der Waals surface area contributed by atoms with Crippen molar-refractivity contribution in [2.24, 2.45) is 0 Å². The van der Waals surface area contributed by atoms with E-state index in [9.17, 15) is 19.2 Å². The maximum Gasteiger partial charge on any atom is 0.306 e. The van der Waals surface area contributed by atoms with Crippen LogP contribution in [0.1, 0.15) is 39.0 Å². The molecule has 0 atom stereocenters. The monoisotopic (exact) mass is 488 g/mol. The molecular weight excluding hydrogens is 452 g/mol. The molecule has 35 heavy (non-hydrogen) atoms. The molecule has 0 aromatic heterocycles. The van der Waals surface area contributed by atoms with Gasteiger partial charge in [-0.2, -0.15) is 0 Å². The van der Waals surface area contributed by atoms with Crippen LogP contribution in [-0.2, 0) is 28.7 Å². The molecule has 0 radical (unpaired) electrons. The fourth-order valence-corrected chi connectivity index (χ4v) is 4.72. The Morgan fingerprint density at radius 1 is 1.09 bits per heavy atom. The van der Waals surface area contributed by atoms with E-state index < -0.39 is 5.54 Å². The zero-order valence-corrected chi connectivity index (χ0v) is 20.7. The smallest absolute Gasteiger partial charge is 0.306 e. The SMILES string of the molecule is CCOC(=O)CCC(=O)N1CCC2(CC1)C(=O)N(CC(=O)NCCCOC)CN2c1ccccc1. The van der Waals surface area contributed by atoms with Crippen molar-refractivity contribution in [3.63, 3.8) is 0 Å². The van der Waals surface area contributed by atoms with Gasteiger partial charge in [-0.05, 0) is 38.3 Å². The number of nitrogens with one attached hydrogen (secondary N) is 1. The van der Waals surface area contributed by atoms with Crippen molar-refractivity contribution in [1.82, 2.24) is 15.1 Å². The van der Waals surface area contributed by atoms with E-state index in [-0.39, 0.29) is 43.1 Å². The van der Waals surface area contributed by atoms with E-state index in [0.29, 0.717) is 58.8 Å². The third-order valence-corrected chi connectivity index (χ3v) is 6.56. The first-order valence-electron chi connectivity index (χ1n) is 12.2. The number of carbonyl (C=O) groups excluding carboxylic acids is 4. The molecule has 2 saturated heterocycles. The third kappa shape index (κ3) is 6.50. The van der Waals surface area contributed by atoms with Gasteiger partial charge in [-0.25, -0.2) is 0 Å². The highest BCUT2D eigenvalue weighted by Gasteiger charge is 2.54. The Labute approximate surface area is 206 Å². The van der Waals surface area contributed by atoms with Crippen LogP contribution in [0.5, 0.6) is 0 Å². The third-order valence-electron chi connectivity index (χ3n) is 6.56. The Kier molecular flexibility index (Phi) is 9.47. The van der Waals surface area contributed by atoms with Gasteiger partial charge in [0.15, 0.2) is 0 Å². The minimum absolute atomic E-state index is 0.0148. The number of anilines is 1. The van der Waals surface area contributed by atoms with Crippen LogP contribution in [0.15, 0.2) is 30.3 Å². The van der Waals surface area contributed by atoms with Gasteiger partial charge in [0, 0.05) is 45.5 Å². The van der Waals surface area contributed by atoms with Gasteiger partial charge in [-0.1, -0.05) is 18.2 Å². The number of nitrogens with zero attached hydrogens (tertiary/aromatic N) is 3. The number of amides is 3. The van der Waals surface area contributed by atoms with Gasteiger partial charge in [0.25, 0.3) is 5.91 Å². The summed E-state index contributed by atoms with van der Waals surface area (Å²) in [4.78, 5) is 55.8. The van der Waals surface area contributed by atoms with E-state index in [1.165, 1.54) is 0 Å². The van der Waals surface area contributed by atoms with Crippen LogP contribution in [0.3, 0.4) is 0 Å². The van der Waals surface area contributed by atoms with Crippen molar-refractivity contribution in [1.29, 1.82) is 0 Å². The largest absolute Gasteiger partial charge is 0.466 e. The van der Waals surface area contributed by atoms with E-state index in [4.69, 9.17) is 9.47 Å². The Balaban J connectivity index is 1.66. The van der Waals surface area contributed by atoms with Gasteiger partial charge in [0.1, 0.15) is 12.1 Å². The number of piperidine rings is 1. The normalized spacial score (nSPS) is 17.1. The summed E-state index contributed by atoms with van der Waals surface area (Å²) in [5.74, 6) is -0.790. The molecule has 0 bridgehead atoms. The molecule has 2 aliphatic heterocycles. The van der Waals surface area contributed by atoms with Crippen LogP contribution in [0.4, 0.5) is 5.69 Å². The lowest BCUT2D eigenvalue weighted by molar-refractivity contribution is -0.146.